The van der Waals surface area contributed by atoms with E-state index in [1.54, 1.807) is 13.8 Å². The lowest BCUT2D eigenvalue weighted by atomic mass is 9.92. The Morgan fingerprint density at radius 1 is 0.547 bits per heavy atom. The summed E-state index contributed by atoms with van der Waals surface area (Å²) in [6.07, 6.45) is 14.4. The molecule has 0 aromatic heterocycles. The van der Waals surface area contributed by atoms with E-state index in [-0.39, 0.29) is 75.6 Å². The highest BCUT2D eigenvalue weighted by molar-refractivity contribution is 5.90. The standard InChI is InChI=1S/C38H65N3O12/c1-27(2)33(45)22-19-28(37(50)51)23-29(43)20-21-31(38(52)53)41-36(49)32(26-42)39-24-30(44)25-40-34(46)17-15-13-11-9-7-5-3-4-6-8-10-12-14-16-18-35(47)48/h27-28,31-32,39,42H,3-26H2,1-2H3,(H,40,46)(H,41,49)(H,47,48)(H,50,51)(H,52,53)/t28-,31+,32+/m1/s1. The van der Waals surface area contributed by atoms with Crippen molar-refractivity contribution in [1.29, 1.82) is 0 Å². The first-order valence-corrected chi connectivity index (χ1v) is 19.3. The number of ketones is 3. The van der Waals surface area contributed by atoms with E-state index >= 15 is 0 Å². The predicted octanol–water partition coefficient (Wildman–Crippen LogP) is 3.96. The van der Waals surface area contributed by atoms with Gasteiger partial charge < -0.3 is 31.1 Å². The van der Waals surface area contributed by atoms with Crippen LogP contribution in [-0.2, 0) is 38.4 Å². The molecule has 0 aromatic carbocycles. The molecule has 0 spiro atoms. The number of Topliss-reactive ketones (excluding diaryl/α,β-unsaturated/α-hetero) is 3. The molecule has 53 heavy (non-hydrogen) atoms. The number of carbonyl (C=O) groups excluding carboxylic acids is 5. The van der Waals surface area contributed by atoms with E-state index in [4.69, 9.17) is 5.11 Å². The van der Waals surface area contributed by atoms with Gasteiger partial charge in [-0.05, 0) is 25.7 Å². The van der Waals surface area contributed by atoms with Crippen LogP contribution in [-0.4, -0.2) is 99.3 Å². The van der Waals surface area contributed by atoms with Gasteiger partial charge in [-0.25, -0.2) is 4.79 Å². The molecule has 0 aliphatic rings. The lowest BCUT2D eigenvalue weighted by Gasteiger charge is -2.20. The molecule has 0 fully saturated rings. The molecule has 0 unspecified atom stereocenters. The summed E-state index contributed by atoms with van der Waals surface area (Å²) in [5.41, 5.74) is 0. The van der Waals surface area contributed by atoms with Crippen LogP contribution in [0.5, 0.6) is 0 Å². The minimum atomic E-state index is -1.51. The van der Waals surface area contributed by atoms with E-state index in [1.807, 2.05) is 0 Å². The molecule has 0 aromatic rings. The van der Waals surface area contributed by atoms with E-state index in [1.165, 1.54) is 38.5 Å². The largest absolute Gasteiger partial charge is 0.481 e. The molecule has 304 valence electrons. The van der Waals surface area contributed by atoms with Crippen LogP contribution in [0.1, 0.15) is 149 Å². The molecule has 0 radical (unpaired) electrons. The summed E-state index contributed by atoms with van der Waals surface area (Å²) in [5.74, 6) is -7.07. The number of carboxylic acids is 3. The van der Waals surface area contributed by atoms with Crippen molar-refractivity contribution in [2.75, 3.05) is 19.7 Å². The third-order valence-electron chi connectivity index (χ3n) is 9.10. The molecule has 0 aliphatic carbocycles. The molecule has 0 saturated carbocycles. The first-order chi connectivity index (χ1) is 25.2. The van der Waals surface area contributed by atoms with Gasteiger partial charge in [0.25, 0.3) is 0 Å². The van der Waals surface area contributed by atoms with Gasteiger partial charge in [-0.1, -0.05) is 90.9 Å². The molecule has 0 heterocycles. The predicted molar refractivity (Wildman–Crippen MR) is 197 cm³/mol. The van der Waals surface area contributed by atoms with Crippen molar-refractivity contribution in [1.82, 2.24) is 16.0 Å². The third-order valence-corrected chi connectivity index (χ3v) is 9.10. The fourth-order valence-electron chi connectivity index (χ4n) is 5.64. The molecule has 15 nitrogen and oxygen atoms in total. The third kappa shape index (κ3) is 27.5. The van der Waals surface area contributed by atoms with Crippen LogP contribution in [0.2, 0.25) is 0 Å². The molecule has 7 N–H and O–H groups in total. The van der Waals surface area contributed by atoms with Crippen molar-refractivity contribution >= 4 is 47.1 Å². The van der Waals surface area contributed by atoms with Gasteiger partial charge in [0.15, 0.2) is 5.78 Å². The van der Waals surface area contributed by atoms with Crippen LogP contribution in [0.15, 0.2) is 0 Å². The molecular formula is C38H65N3O12. The highest BCUT2D eigenvalue weighted by Gasteiger charge is 2.28. The van der Waals surface area contributed by atoms with Gasteiger partial charge in [0.1, 0.15) is 23.7 Å². The summed E-state index contributed by atoms with van der Waals surface area (Å²) in [7, 11) is 0. The zero-order chi connectivity index (χ0) is 40.0. The van der Waals surface area contributed by atoms with E-state index in [0.29, 0.717) is 6.42 Å². The van der Waals surface area contributed by atoms with Crippen LogP contribution < -0.4 is 16.0 Å². The van der Waals surface area contributed by atoms with Gasteiger partial charge in [0.2, 0.25) is 11.8 Å². The first kappa shape index (κ1) is 49.3. The average Bonchev–Trinajstić information content (AvgIpc) is 3.10. The van der Waals surface area contributed by atoms with E-state index < -0.39 is 60.0 Å². The molecule has 0 saturated heterocycles. The minimum absolute atomic E-state index is 0.00572. The SMILES string of the molecule is CC(C)C(=O)CC[C@H](CC(=O)CC[C@H](NC(=O)[C@H](CO)NCC(=O)CNC(=O)CCCCCCCCCCCCCCCCC(=O)O)C(=O)O)C(=O)O. The Kier molecular flexibility index (Phi) is 28.6. The Labute approximate surface area is 313 Å². The van der Waals surface area contributed by atoms with E-state index in [9.17, 15) is 53.7 Å². The van der Waals surface area contributed by atoms with Crippen LogP contribution in [0.25, 0.3) is 0 Å². The number of hydrogen-bond donors (Lipinski definition) is 7. The molecule has 0 aliphatic heterocycles. The quantitative estimate of drug-likeness (QED) is 0.0448. The second-order valence-corrected chi connectivity index (χ2v) is 14.2. The fraction of sp³-hybridized carbons (Fsp3) is 0.789. The first-order valence-electron chi connectivity index (χ1n) is 19.3. The normalized spacial score (nSPS) is 12.8. The zero-order valence-electron chi connectivity index (χ0n) is 31.8. The zero-order valence-corrected chi connectivity index (χ0v) is 31.8. The maximum atomic E-state index is 12.6. The van der Waals surface area contributed by atoms with Gasteiger partial charge in [-0.15, -0.1) is 0 Å². The number of carbonyl (C=O) groups is 8. The number of aliphatic carboxylic acids is 3. The Balaban J connectivity index is 4.21. The van der Waals surface area contributed by atoms with Gasteiger partial charge in [0.05, 0.1) is 25.6 Å². The summed E-state index contributed by atoms with van der Waals surface area (Å²) in [6.45, 7) is 1.97. The van der Waals surface area contributed by atoms with Gasteiger partial charge in [-0.2, -0.15) is 0 Å². The Hall–Kier alpha value is -3.72. The Bertz CT molecular complexity index is 1140. The minimum Gasteiger partial charge on any atom is -0.481 e. The maximum Gasteiger partial charge on any atom is 0.326 e. The number of aliphatic hydroxyl groups is 1. The highest BCUT2D eigenvalue weighted by Crippen LogP contribution is 2.17. The number of carboxylic acid groups (broad SMARTS) is 3. The Morgan fingerprint density at radius 2 is 1.06 bits per heavy atom. The van der Waals surface area contributed by atoms with E-state index in [0.717, 1.165) is 44.9 Å². The highest BCUT2D eigenvalue weighted by atomic mass is 16.4. The van der Waals surface area contributed by atoms with Crippen LogP contribution >= 0.6 is 0 Å². The van der Waals surface area contributed by atoms with Crippen LogP contribution in [0.4, 0.5) is 0 Å². The number of unbranched alkanes of at least 4 members (excludes halogenated alkanes) is 13. The van der Waals surface area contributed by atoms with Crippen molar-refractivity contribution in [3.8, 4) is 0 Å². The summed E-state index contributed by atoms with van der Waals surface area (Å²) in [4.78, 5) is 95.1. The average molecular weight is 756 g/mol. The molecule has 15 heteroatoms. The molecule has 0 rings (SSSR count). The van der Waals surface area contributed by atoms with Crippen molar-refractivity contribution in [2.24, 2.45) is 11.8 Å². The van der Waals surface area contributed by atoms with Crippen LogP contribution in [0, 0.1) is 11.8 Å². The number of amides is 2. The molecule has 3 atom stereocenters. The number of rotatable bonds is 36. The monoisotopic (exact) mass is 755 g/mol. The van der Waals surface area contributed by atoms with Crippen molar-refractivity contribution in [3.05, 3.63) is 0 Å². The second-order valence-electron chi connectivity index (χ2n) is 14.2. The number of nitrogens with one attached hydrogen (secondary N) is 3. The lowest BCUT2D eigenvalue weighted by Crippen LogP contribution is -2.53. The summed E-state index contributed by atoms with van der Waals surface area (Å²) in [5, 5.41) is 44.6. The summed E-state index contributed by atoms with van der Waals surface area (Å²) < 4.78 is 0. The number of aliphatic hydroxyl groups excluding tert-OH is 1. The smallest absolute Gasteiger partial charge is 0.326 e. The molecule has 2 amide bonds. The van der Waals surface area contributed by atoms with Gasteiger partial charge in [0, 0.05) is 38.0 Å². The van der Waals surface area contributed by atoms with Crippen molar-refractivity contribution < 1.29 is 58.8 Å². The van der Waals surface area contributed by atoms with Crippen molar-refractivity contribution in [3.63, 3.8) is 0 Å². The molecular weight excluding hydrogens is 690 g/mol. The second kappa shape index (κ2) is 30.7. The van der Waals surface area contributed by atoms with Crippen molar-refractivity contribution in [2.45, 2.75) is 161 Å². The summed E-state index contributed by atoms with van der Waals surface area (Å²) in [6, 6.07) is -2.85. The number of hydrogen-bond acceptors (Lipinski definition) is 10. The van der Waals surface area contributed by atoms with Gasteiger partial charge in [-0.3, -0.25) is 38.9 Å². The molecule has 0 bridgehead atoms. The summed E-state index contributed by atoms with van der Waals surface area (Å²) >= 11 is 0. The maximum absolute atomic E-state index is 12.6. The van der Waals surface area contributed by atoms with E-state index in [2.05, 4.69) is 16.0 Å². The lowest BCUT2D eigenvalue weighted by molar-refractivity contribution is -0.145. The van der Waals surface area contributed by atoms with Crippen LogP contribution in [0.3, 0.4) is 0 Å². The Morgan fingerprint density at radius 3 is 1.51 bits per heavy atom. The fourth-order valence-corrected chi connectivity index (χ4v) is 5.64. The van der Waals surface area contributed by atoms with Gasteiger partial charge >= 0.3 is 17.9 Å². The topological polar surface area (TPSA) is 254 Å².